The molecule has 4 aromatic heterocycles. The lowest BCUT2D eigenvalue weighted by atomic mass is 10.1. The molecule has 1 aromatic carbocycles. The van der Waals surface area contributed by atoms with Crippen molar-refractivity contribution in [3.8, 4) is 22.6 Å². The molecule has 4 heterocycles. The highest BCUT2D eigenvalue weighted by molar-refractivity contribution is 5.77. The van der Waals surface area contributed by atoms with Crippen molar-refractivity contribution in [2.75, 3.05) is 7.05 Å². The fourth-order valence-corrected chi connectivity index (χ4v) is 4.19. The fraction of sp³-hybridized carbons (Fsp3) is 0.231. The maximum absolute atomic E-state index is 4.98. The number of benzene rings is 1. The highest BCUT2D eigenvalue weighted by Crippen LogP contribution is 2.30. The van der Waals surface area contributed by atoms with E-state index in [1.807, 2.05) is 43.5 Å². The van der Waals surface area contributed by atoms with Crippen LogP contribution in [0.4, 0.5) is 0 Å². The second kappa shape index (κ2) is 8.96. The lowest BCUT2D eigenvalue weighted by Crippen LogP contribution is -2.19. The summed E-state index contributed by atoms with van der Waals surface area (Å²) in [5.41, 5.74) is 8.13. The van der Waals surface area contributed by atoms with Gasteiger partial charge in [-0.1, -0.05) is 37.3 Å². The topological polar surface area (TPSA) is 75.0 Å². The number of hydrogen-bond donors (Lipinski definition) is 1. The second-order valence-corrected chi connectivity index (χ2v) is 8.35. The summed E-state index contributed by atoms with van der Waals surface area (Å²) in [6.45, 7) is 5.76. The SMILES string of the molecule is CCc1ccccc1CN(C)Cc1nc(-c2cccc(C)n2)c(-c2ccc3ncnn3c2)[nH]1. The zero-order valence-electron chi connectivity index (χ0n) is 19.2. The molecule has 0 atom stereocenters. The number of aromatic nitrogens is 6. The van der Waals surface area contributed by atoms with Crippen molar-refractivity contribution in [3.05, 3.63) is 89.8 Å². The summed E-state index contributed by atoms with van der Waals surface area (Å²) in [4.78, 5) is 19.8. The number of nitrogens with zero attached hydrogens (tertiary/aromatic N) is 6. The summed E-state index contributed by atoms with van der Waals surface area (Å²) in [6, 6.07) is 18.6. The standard InChI is InChI=1S/C26H27N7/c1-4-19-9-5-6-10-20(19)14-32(3)16-23-30-25(21-12-13-24-27-17-28-33(24)15-21)26(31-23)22-11-7-8-18(2)29-22/h5-13,15,17H,4,14,16H2,1-3H3,(H,30,31). The van der Waals surface area contributed by atoms with Gasteiger partial charge in [-0.15, -0.1) is 0 Å². The molecule has 0 saturated heterocycles. The van der Waals surface area contributed by atoms with Crippen LogP contribution in [0, 0.1) is 6.92 Å². The van der Waals surface area contributed by atoms with Gasteiger partial charge < -0.3 is 4.98 Å². The molecule has 166 valence electrons. The van der Waals surface area contributed by atoms with Gasteiger partial charge in [0.2, 0.25) is 0 Å². The number of imidazole rings is 1. The first-order valence-corrected chi connectivity index (χ1v) is 11.2. The molecule has 0 amide bonds. The molecule has 0 fully saturated rings. The summed E-state index contributed by atoms with van der Waals surface area (Å²) >= 11 is 0. The van der Waals surface area contributed by atoms with Crippen molar-refractivity contribution in [3.63, 3.8) is 0 Å². The van der Waals surface area contributed by atoms with Crippen molar-refractivity contribution in [1.29, 1.82) is 0 Å². The normalized spacial score (nSPS) is 11.5. The monoisotopic (exact) mass is 437 g/mol. The molecule has 0 bridgehead atoms. The van der Waals surface area contributed by atoms with Crippen LogP contribution in [0.5, 0.6) is 0 Å². The third-order valence-electron chi connectivity index (χ3n) is 5.81. The van der Waals surface area contributed by atoms with E-state index >= 15 is 0 Å². The largest absolute Gasteiger partial charge is 0.340 e. The third-order valence-corrected chi connectivity index (χ3v) is 5.81. The number of nitrogens with one attached hydrogen (secondary N) is 1. The average Bonchev–Trinajstić information content (AvgIpc) is 3.46. The van der Waals surface area contributed by atoms with E-state index in [2.05, 4.69) is 58.2 Å². The predicted octanol–water partition coefficient (Wildman–Crippen LogP) is 4.68. The highest BCUT2D eigenvalue weighted by Gasteiger charge is 2.17. The molecule has 0 unspecified atom stereocenters. The van der Waals surface area contributed by atoms with Gasteiger partial charge in [0, 0.05) is 24.0 Å². The molecular weight excluding hydrogens is 410 g/mol. The van der Waals surface area contributed by atoms with E-state index in [9.17, 15) is 0 Å². The van der Waals surface area contributed by atoms with Crippen molar-refractivity contribution >= 4 is 5.65 Å². The van der Waals surface area contributed by atoms with Gasteiger partial charge in [0.15, 0.2) is 5.65 Å². The van der Waals surface area contributed by atoms with Gasteiger partial charge in [-0.2, -0.15) is 5.10 Å². The first-order chi connectivity index (χ1) is 16.1. The van der Waals surface area contributed by atoms with Crippen LogP contribution in [0.25, 0.3) is 28.3 Å². The molecule has 0 saturated carbocycles. The molecule has 0 aliphatic carbocycles. The van der Waals surface area contributed by atoms with Crippen LogP contribution in [0.3, 0.4) is 0 Å². The van der Waals surface area contributed by atoms with E-state index in [1.165, 1.54) is 11.1 Å². The van der Waals surface area contributed by atoms with E-state index in [0.717, 1.165) is 52.8 Å². The Kier molecular flexibility index (Phi) is 5.71. The summed E-state index contributed by atoms with van der Waals surface area (Å²) < 4.78 is 1.77. The van der Waals surface area contributed by atoms with E-state index in [4.69, 9.17) is 9.97 Å². The van der Waals surface area contributed by atoms with Gasteiger partial charge in [-0.3, -0.25) is 9.88 Å². The molecule has 5 rings (SSSR count). The minimum atomic E-state index is 0.697. The second-order valence-electron chi connectivity index (χ2n) is 8.35. The number of rotatable bonds is 7. The van der Waals surface area contributed by atoms with Crippen molar-refractivity contribution in [1.82, 2.24) is 34.4 Å². The Hall–Kier alpha value is -3.84. The number of pyridine rings is 2. The van der Waals surface area contributed by atoms with Crippen LogP contribution in [0.1, 0.15) is 29.6 Å². The first-order valence-electron chi connectivity index (χ1n) is 11.2. The van der Waals surface area contributed by atoms with E-state index in [-0.39, 0.29) is 0 Å². The van der Waals surface area contributed by atoms with Gasteiger partial charge in [-0.05, 0) is 55.8 Å². The molecule has 5 aromatic rings. The molecule has 0 spiro atoms. The molecule has 0 aliphatic rings. The minimum Gasteiger partial charge on any atom is -0.340 e. The van der Waals surface area contributed by atoms with Gasteiger partial charge in [0.1, 0.15) is 17.8 Å². The maximum Gasteiger partial charge on any atom is 0.155 e. The van der Waals surface area contributed by atoms with Crippen LogP contribution in [-0.2, 0) is 19.5 Å². The van der Waals surface area contributed by atoms with Gasteiger partial charge >= 0.3 is 0 Å². The van der Waals surface area contributed by atoms with Crippen LogP contribution in [-0.4, -0.2) is 41.5 Å². The van der Waals surface area contributed by atoms with Crippen molar-refractivity contribution in [2.24, 2.45) is 0 Å². The Labute approximate surface area is 193 Å². The number of hydrogen-bond acceptors (Lipinski definition) is 5. The summed E-state index contributed by atoms with van der Waals surface area (Å²) in [7, 11) is 2.13. The minimum absolute atomic E-state index is 0.697. The lowest BCUT2D eigenvalue weighted by Gasteiger charge is -2.17. The van der Waals surface area contributed by atoms with Crippen LogP contribution in [0.15, 0.2) is 67.1 Å². The molecule has 1 N–H and O–H groups in total. The third kappa shape index (κ3) is 4.40. The Morgan fingerprint density at radius 2 is 1.79 bits per heavy atom. The molecule has 7 nitrogen and oxygen atoms in total. The molecule has 7 heteroatoms. The van der Waals surface area contributed by atoms with E-state index < -0.39 is 0 Å². The predicted molar refractivity (Wildman–Crippen MR) is 130 cm³/mol. The van der Waals surface area contributed by atoms with Gasteiger partial charge in [-0.25, -0.2) is 14.5 Å². The molecule has 33 heavy (non-hydrogen) atoms. The first kappa shape index (κ1) is 21.0. The summed E-state index contributed by atoms with van der Waals surface area (Å²) in [5, 5.41) is 4.29. The lowest BCUT2D eigenvalue weighted by molar-refractivity contribution is 0.311. The quantitative estimate of drug-likeness (QED) is 0.400. The van der Waals surface area contributed by atoms with E-state index in [1.54, 1.807) is 10.8 Å². The Bertz CT molecular complexity index is 1400. The Morgan fingerprint density at radius 1 is 0.939 bits per heavy atom. The molecular formula is C26H27N7. The Balaban J connectivity index is 1.50. The van der Waals surface area contributed by atoms with Gasteiger partial charge in [0.05, 0.1) is 17.9 Å². The zero-order chi connectivity index (χ0) is 22.8. The molecule has 0 aliphatic heterocycles. The van der Waals surface area contributed by atoms with Crippen molar-refractivity contribution < 1.29 is 0 Å². The van der Waals surface area contributed by atoms with Crippen LogP contribution in [0.2, 0.25) is 0 Å². The summed E-state index contributed by atoms with van der Waals surface area (Å²) in [5.74, 6) is 0.901. The van der Waals surface area contributed by atoms with Crippen molar-refractivity contribution in [2.45, 2.75) is 33.4 Å². The zero-order valence-corrected chi connectivity index (χ0v) is 19.2. The fourth-order valence-electron chi connectivity index (χ4n) is 4.19. The highest BCUT2D eigenvalue weighted by atomic mass is 15.3. The number of aryl methyl sites for hydroxylation is 2. The van der Waals surface area contributed by atoms with E-state index in [0.29, 0.717) is 6.54 Å². The number of H-pyrrole nitrogens is 1. The number of aromatic amines is 1. The smallest absolute Gasteiger partial charge is 0.155 e. The number of fused-ring (bicyclic) bond motifs is 1. The Morgan fingerprint density at radius 3 is 2.61 bits per heavy atom. The van der Waals surface area contributed by atoms with Gasteiger partial charge in [0.25, 0.3) is 0 Å². The van der Waals surface area contributed by atoms with Crippen LogP contribution < -0.4 is 0 Å². The maximum atomic E-state index is 4.98. The summed E-state index contributed by atoms with van der Waals surface area (Å²) in [6.07, 6.45) is 4.56. The molecule has 0 radical (unpaired) electrons. The average molecular weight is 438 g/mol. The van der Waals surface area contributed by atoms with Crippen LogP contribution >= 0.6 is 0 Å².